The number of rotatable bonds is 0. The van der Waals surface area contributed by atoms with Crippen molar-refractivity contribution in [2.75, 3.05) is 13.2 Å². The zero-order valence-corrected chi connectivity index (χ0v) is 4.74. The van der Waals surface area contributed by atoms with Gasteiger partial charge < -0.3 is 4.74 Å². The van der Waals surface area contributed by atoms with E-state index in [1.54, 1.807) is 0 Å². The molecular formula is C6H12O. The van der Waals surface area contributed by atoms with Crippen LogP contribution < -0.4 is 0 Å². The summed E-state index contributed by atoms with van der Waals surface area (Å²) in [7, 11) is 0. The maximum absolute atomic E-state index is 7.50. The van der Waals surface area contributed by atoms with Crippen LogP contribution in [0.25, 0.3) is 0 Å². The fraction of sp³-hybridized carbons (Fsp3) is 1.00. The third-order valence-electron chi connectivity index (χ3n) is 1.24. The van der Waals surface area contributed by atoms with Crippen LogP contribution in [0.5, 0.6) is 0 Å². The highest BCUT2D eigenvalue weighted by Crippen LogP contribution is 2.10. The largest absolute Gasteiger partial charge is 0.381 e. The van der Waals surface area contributed by atoms with Crippen molar-refractivity contribution in [3.63, 3.8) is 0 Å². The van der Waals surface area contributed by atoms with Gasteiger partial charge in [0.25, 0.3) is 0 Å². The minimum atomic E-state index is -0.293. The molecule has 0 spiro atoms. The molecule has 42 valence electrons. The van der Waals surface area contributed by atoms with Crippen LogP contribution >= 0.6 is 0 Å². The van der Waals surface area contributed by atoms with Crippen molar-refractivity contribution in [1.82, 2.24) is 0 Å². The molecule has 1 atom stereocenters. The Hall–Kier alpha value is -0.0400. The molecule has 0 saturated carbocycles. The first-order valence-electron chi connectivity index (χ1n) is 3.28. The normalized spacial score (nSPS) is 45.6. The van der Waals surface area contributed by atoms with Crippen molar-refractivity contribution in [1.29, 1.82) is 0 Å². The second kappa shape index (κ2) is 2.31. The first-order valence-corrected chi connectivity index (χ1v) is 2.78. The Morgan fingerprint density at radius 1 is 1.86 bits per heavy atom. The maximum Gasteiger partial charge on any atom is 0.0491 e. The van der Waals surface area contributed by atoms with Gasteiger partial charge in [0.1, 0.15) is 0 Å². The first kappa shape index (κ1) is 3.90. The second-order valence-corrected chi connectivity index (χ2v) is 2.11. The van der Waals surface area contributed by atoms with Crippen LogP contribution in [0.3, 0.4) is 0 Å². The minimum Gasteiger partial charge on any atom is -0.381 e. The summed E-state index contributed by atoms with van der Waals surface area (Å²) in [6.45, 7) is 3.40. The van der Waals surface area contributed by atoms with Crippen molar-refractivity contribution in [3.8, 4) is 0 Å². The lowest BCUT2D eigenvalue weighted by Gasteiger charge is -2.16. The number of hydrogen-bond donors (Lipinski definition) is 0. The van der Waals surface area contributed by atoms with Crippen LogP contribution in [0.15, 0.2) is 0 Å². The average molecular weight is 101 g/mol. The van der Waals surface area contributed by atoms with E-state index in [2.05, 4.69) is 0 Å². The molecule has 0 bridgehead atoms. The van der Waals surface area contributed by atoms with Gasteiger partial charge in [0.15, 0.2) is 0 Å². The first-order chi connectivity index (χ1) is 3.71. The summed E-state index contributed by atoms with van der Waals surface area (Å²) >= 11 is 0. The molecule has 0 amide bonds. The molecule has 0 aliphatic carbocycles. The molecular weight excluding hydrogens is 88.1 g/mol. The Balaban J connectivity index is 2.33. The van der Waals surface area contributed by atoms with Gasteiger partial charge in [0.2, 0.25) is 0 Å². The molecule has 1 rings (SSSR count). The van der Waals surface area contributed by atoms with Crippen LogP contribution in [0, 0.1) is 5.89 Å². The zero-order chi connectivity index (χ0) is 6.04. The molecule has 0 N–H and O–H groups in total. The Morgan fingerprint density at radius 3 is 3.00 bits per heavy atom. The maximum atomic E-state index is 7.50. The highest BCUT2D eigenvalue weighted by molar-refractivity contribution is 4.55. The molecule has 1 heteroatoms. The van der Waals surface area contributed by atoms with E-state index < -0.39 is 0 Å². The minimum absolute atomic E-state index is 0.293. The molecule has 0 aromatic heterocycles. The Bertz CT molecular complexity index is 72.6. The van der Waals surface area contributed by atoms with Crippen LogP contribution in [-0.2, 0) is 4.74 Å². The average Bonchev–Trinajstić information content (AvgIpc) is 1.65. The van der Waals surface area contributed by atoms with Gasteiger partial charge in [0, 0.05) is 14.6 Å². The molecule has 7 heavy (non-hydrogen) atoms. The fourth-order valence-corrected chi connectivity index (χ4v) is 0.795. The molecule has 0 radical (unpaired) electrons. The van der Waals surface area contributed by atoms with E-state index in [9.17, 15) is 0 Å². The van der Waals surface area contributed by atoms with E-state index in [1.165, 1.54) is 0 Å². The van der Waals surface area contributed by atoms with Crippen molar-refractivity contribution >= 4 is 0 Å². The number of ether oxygens (including phenoxy) is 1. The van der Waals surface area contributed by atoms with E-state index in [0.29, 0.717) is 6.61 Å². The fourth-order valence-electron chi connectivity index (χ4n) is 0.795. The van der Waals surface area contributed by atoms with Crippen LogP contribution in [0.1, 0.15) is 21.1 Å². The van der Waals surface area contributed by atoms with Gasteiger partial charge in [0.05, 0.1) is 0 Å². The predicted octanol–water partition coefficient (Wildman–Crippen LogP) is 1.43. The van der Waals surface area contributed by atoms with Crippen LogP contribution in [0.4, 0.5) is 0 Å². The van der Waals surface area contributed by atoms with Gasteiger partial charge in [-0.3, -0.25) is 0 Å². The Morgan fingerprint density at radius 2 is 2.71 bits per heavy atom. The Labute approximate surface area is 46.1 Å². The summed E-state index contributed by atoms with van der Waals surface area (Å²) in [5.41, 5.74) is 0. The van der Waals surface area contributed by atoms with Crippen molar-refractivity contribution in [2.24, 2.45) is 5.89 Å². The summed E-state index contributed by atoms with van der Waals surface area (Å²) in [6.07, 6.45) is 2.05. The number of hydrogen-bond acceptors (Lipinski definition) is 1. The SMILES string of the molecule is [2H][C@@]1(C)CCCOC1. The quantitative estimate of drug-likeness (QED) is 0.448. The van der Waals surface area contributed by atoms with E-state index in [0.717, 1.165) is 19.4 Å². The molecule has 1 heterocycles. The predicted molar refractivity (Wildman–Crippen MR) is 29.2 cm³/mol. The van der Waals surface area contributed by atoms with Gasteiger partial charge in [-0.1, -0.05) is 6.92 Å². The topological polar surface area (TPSA) is 9.23 Å². The summed E-state index contributed by atoms with van der Waals surface area (Å²) in [4.78, 5) is 0. The van der Waals surface area contributed by atoms with Crippen molar-refractivity contribution in [2.45, 2.75) is 19.8 Å². The molecule has 0 unspecified atom stereocenters. The second-order valence-electron chi connectivity index (χ2n) is 2.11. The lowest BCUT2D eigenvalue weighted by atomic mass is 10.1. The van der Waals surface area contributed by atoms with Gasteiger partial charge >= 0.3 is 0 Å². The highest BCUT2D eigenvalue weighted by Gasteiger charge is 2.06. The van der Waals surface area contributed by atoms with Gasteiger partial charge in [-0.25, -0.2) is 0 Å². The zero-order valence-electron chi connectivity index (χ0n) is 5.74. The summed E-state index contributed by atoms with van der Waals surface area (Å²) in [5.74, 6) is -0.293. The molecule has 1 saturated heterocycles. The Kier molecular flexibility index (Phi) is 1.29. The third-order valence-corrected chi connectivity index (χ3v) is 1.24. The van der Waals surface area contributed by atoms with Crippen LogP contribution in [-0.4, -0.2) is 13.2 Å². The van der Waals surface area contributed by atoms with Crippen molar-refractivity contribution < 1.29 is 6.11 Å². The molecule has 1 nitrogen and oxygen atoms in total. The summed E-state index contributed by atoms with van der Waals surface area (Å²) in [6, 6.07) is 0. The van der Waals surface area contributed by atoms with E-state index in [-0.39, 0.29) is 5.89 Å². The standard InChI is InChI=1S/C6H12O/c1-6-3-2-4-7-5-6/h6H,2-5H2,1H3/t6-/m1/s1/i6D. The van der Waals surface area contributed by atoms with Gasteiger partial charge in [-0.15, -0.1) is 0 Å². The van der Waals surface area contributed by atoms with E-state index in [4.69, 9.17) is 6.11 Å². The van der Waals surface area contributed by atoms with Gasteiger partial charge in [-0.05, 0) is 18.7 Å². The lowest BCUT2D eigenvalue weighted by molar-refractivity contribution is 0.0616. The van der Waals surface area contributed by atoms with Crippen LogP contribution in [0.2, 0.25) is 0 Å². The van der Waals surface area contributed by atoms with Crippen molar-refractivity contribution in [3.05, 3.63) is 0 Å². The molecule has 0 aromatic carbocycles. The molecule has 1 fully saturated rings. The summed E-state index contributed by atoms with van der Waals surface area (Å²) < 4.78 is 12.6. The highest BCUT2D eigenvalue weighted by atomic mass is 16.5. The third kappa shape index (κ3) is 1.48. The molecule has 1 aliphatic heterocycles. The molecule has 0 aromatic rings. The monoisotopic (exact) mass is 101 g/mol. The smallest absolute Gasteiger partial charge is 0.0491 e. The van der Waals surface area contributed by atoms with E-state index >= 15 is 0 Å². The lowest BCUT2D eigenvalue weighted by Crippen LogP contribution is -2.13. The summed E-state index contributed by atoms with van der Waals surface area (Å²) in [5, 5.41) is 0. The molecule has 1 aliphatic rings. The van der Waals surface area contributed by atoms with E-state index in [1.807, 2.05) is 6.92 Å². The van der Waals surface area contributed by atoms with Gasteiger partial charge in [-0.2, -0.15) is 0 Å².